The van der Waals surface area contributed by atoms with Crippen molar-refractivity contribution in [1.29, 1.82) is 0 Å². The maximum atomic E-state index is 11.9. The summed E-state index contributed by atoms with van der Waals surface area (Å²) in [5, 5.41) is 3.03. The van der Waals surface area contributed by atoms with Gasteiger partial charge >= 0.3 is 6.03 Å². The Hall–Kier alpha value is -0.730. The second-order valence-corrected chi connectivity index (χ2v) is 5.11. The van der Waals surface area contributed by atoms with E-state index >= 15 is 0 Å². The van der Waals surface area contributed by atoms with Crippen LogP contribution >= 0.6 is 0 Å². The van der Waals surface area contributed by atoms with Crippen LogP contribution in [0.5, 0.6) is 0 Å². The van der Waals surface area contributed by atoms with Crippen LogP contribution in [0, 0.1) is 11.8 Å². The molecular weight excluding hydrogens is 188 g/mol. The number of hydrogen-bond acceptors (Lipinski definition) is 1. The first-order valence-corrected chi connectivity index (χ1v) is 6.08. The van der Waals surface area contributed by atoms with Crippen molar-refractivity contribution >= 4 is 6.03 Å². The van der Waals surface area contributed by atoms with Crippen LogP contribution in [0.2, 0.25) is 0 Å². The Balaban J connectivity index is 2.44. The van der Waals surface area contributed by atoms with Gasteiger partial charge in [-0.15, -0.1) is 0 Å². The first kappa shape index (κ1) is 12.3. The summed E-state index contributed by atoms with van der Waals surface area (Å²) >= 11 is 0. The lowest BCUT2D eigenvalue weighted by Gasteiger charge is -2.35. The molecule has 1 N–H and O–H groups in total. The van der Waals surface area contributed by atoms with E-state index in [-0.39, 0.29) is 12.1 Å². The molecule has 0 aliphatic carbocycles. The van der Waals surface area contributed by atoms with E-state index in [1.54, 1.807) is 0 Å². The number of carbonyl (C=O) groups is 1. The highest BCUT2D eigenvalue weighted by molar-refractivity contribution is 5.74. The summed E-state index contributed by atoms with van der Waals surface area (Å²) in [5.74, 6) is 1.27. The topological polar surface area (TPSA) is 32.3 Å². The molecule has 0 aromatic rings. The maximum Gasteiger partial charge on any atom is 0.317 e. The number of rotatable bonds is 2. The fraction of sp³-hybridized carbons (Fsp3) is 0.917. The minimum Gasteiger partial charge on any atom is -0.336 e. The molecule has 1 aliphatic rings. The molecule has 1 rings (SSSR count). The second kappa shape index (κ2) is 5.38. The molecule has 0 radical (unpaired) electrons. The molecular formula is C12H24N2O. The smallest absolute Gasteiger partial charge is 0.317 e. The zero-order chi connectivity index (χ0) is 11.4. The Kier molecular flexibility index (Phi) is 4.43. The molecule has 15 heavy (non-hydrogen) atoms. The molecule has 0 aromatic heterocycles. The summed E-state index contributed by atoms with van der Waals surface area (Å²) in [6.45, 7) is 10.4. The molecule has 1 fully saturated rings. The summed E-state index contributed by atoms with van der Waals surface area (Å²) < 4.78 is 0. The Bertz CT molecular complexity index is 208. The second-order valence-electron chi connectivity index (χ2n) is 5.11. The van der Waals surface area contributed by atoms with Gasteiger partial charge in [-0.05, 0) is 31.6 Å². The van der Waals surface area contributed by atoms with E-state index in [1.807, 2.05) is 4.90 Å². The first-order chi connectivity index (χ1) is 7.02. The summed E-state index contributed by atoms with van der Waals surface area (Å²) in [6, 6.07) is 0.396. The van der Waals surface area contributed by atoms with E-state index in [0.717, 1.165) is 19.5 Å². The zero-order valence-electron chi connectivity index (χ0n) is 10.4. The van der Waals surface area contributed by atoms with Crippen molar-refractivity contribution in [1.82, 2.24) is 10.2 Å². The molecule has 2 amide bonds. The van der Waals surface area contributed by atoms with Crippen molar-refractivity contribution in [3.63, 3.8) is 0 Å². The molecule has 1 heterocycles. The maximum absolute atomic E-state index is 11.9. The number of piperidine rings is 1. The third-order valence-electron chi connectivity index (χ3n) is 3.14. The molecule has 0 unspecified atom stereocenters. The fourth-order valence-corrected chi connectivity index (χ4v) is 2.23. The van der Waals surface area contributed by atoms with Gasteiger partial charge in [-0.3, -0.25) is 0 Å². The third kappa shape index (κ3) is 3.73. The summed E-state index contributed by atoms with van der Waals surface area (Å²) in [7, 11) is 0. The highest BCUT2D eigenvalue weighted by Crippen LogP contribution is 2.20. The average Bonchev–Trinajstić information content (AvgIpc) is 2.16. The standard InChI is InChI=1S/C12H24N2O/c1-5-11(4)13-12(15)14-7-9(2)6-10(3)8-14/h9-11H,5-8H2,1-4H3,(H,13,15)/t9-,10-,11+/m1/s1. The minimum absolute atomic E-state index is 0.114. The largest absolute Gasteiger partial charge is 0.336 e. The van der Waals surface area contributed by atoms with E-state index in [9.17, 15) is 4.79 Å². The highest BCUT2D eigenvalue weighted by atomic mass is 16.2. The molecule has 3 heteroatoms. The lowest BCUT2D eigenvalue weighted by molar-refractivity contribution is 0.144. The van der Waals surface area contributed by atoms with Gasteiger partial charge in [0.1, 0.15) is 0 Å². The summed E-state index contributed by atoms with van der Waals surface area (Å²) in [6.07, 6.45) is 2.23. The summed E-state index contributed by atoms with van der Waals surface area (Å²) in [4.78, 5) is 13.8. The van der Waals surface area contributed by atoms with E-state index in [4.69, 9.17) is 0 Å². The first-order valence-electron chi connectivity index (χ1n) is 6.08. The van der Waals surface area contributed by atoms with Gasteiger partial charge in [0.05, 0.1) is 0 Å². The minimum atomic E-state index is 0.114. The van der Waals surface area contributed by atoms with Gasteiger partial charge in [0.15, 0.2) is 0 Å². The van der Waals surface area contributed by atoms with E-state index in [2.05, 4.69) is 33.0 Å². The zero-order valence-corrected chi connectivity index (χ0v) is 10.4. The SMILES string of the molecule is CC[C@H](C)NC(=O)N1C[C@H](C)C[C@@H](C)C1. The van der Waals surface area contributed by atoms with Gasteiger partial charge in [0, 0.05) is 19.1 Å². The van der Waals surface area contributed by atoms with Crippen molar-refractivity contribution in [2.75, 3.05) is 13.1 Å². The fourth-order valence-electron chi connectivity index (χ4n) is 2.23. The van der Waals surface area contributed by atoms with Crippen molar-refractivity contribution in [2.24, 2.45) is 11.8 Å². The molecule has 1 aliphatic heterocycles. The monoisotopic (exact) mass is 212 g/mol. The number of nitrogens with zero attached hydrogens (tertiary/aromatic N) is 1. The molecule has 0 bridgehead atoms. The Labute approximate surface area is 93.2 Å². The Morgan fingerprint density at radius 2 is 1.93 bits per heavy atom. The van der Waals surface area contributed by atoms with Crippen LogP contribution in [0.15, 0.2) is 0 Å². The van der Waals surface area contributed by atoms with E-state index in [0.29, 0.717) is 11.8 Å². The van der Waals surface area contributed by atoms with Gasteiger partial charge in [-0.25, -0.2) is 4.79 Å². The molecule has 0 spiro atoms. The number of carbonyl (C=O) groups excluding carboxylic acids is 1. The van der Waals surface area contributed by atoms with Crippen LogP contribution in [0.4, 0.5) is 4.79 Å². The van der Waals surface area contributed by atoms with Crippen LogP contribution in [0.25, 0.3) is 0 Å². The number of likely N-dealkylation sites (tertiary alicyclic amines) is 1. The predicted octanol–water partition coefficient (Wildman–Crippen LogP) is 2.47. The van der Waals surface area contributed by atoms with Crippen molar-refractivity contribution < 1.29 is 4.79 Å². The van der Waals surface area contributed by atoms with Gasteiger partial charge < -0.3 is 10.2 Å². The van der Waals surface area contributed by atoms with Gasteiger partial charge in [-0.1, -0.05) is 20.8 Å². The van der Waals surface area contributed by atoms with Crippen LogP contribution < -0.4 is 5.32 Å². The molecule has 1 saturated heterocycles. The Morgan fingerprint density at radius 1 is 1.40 bits per heavy atom. The van der Waals surface area contributed by atoms with Crippen LogP contribution in [0.1, 0.15) is 40.5 Å². The Morgan fingerprint density at radius 3 is 2.40 bits per heavy atom. The normalized spacial score (nSPS) is 28.7. The van der Waals surface area contributed by atoms with Crippen molar-refractivity contribution in [2.45, 2.75) is 46.6 Å². The van der Waals surface area contributed by atoms with Crippen LogP contribution in [-0.2, 0) is 0 Å². The summed E-state index contributed by atoms with van der Waals surface area (Å²) in [5.41, 5.74) is 0. The molecule has 3 nitrogen and oxygen atoms in total. The number of nitrogens with one attached hydrogen (secondary N) is 1. The average molecular weight is 212 g/mol. The van der Waals surface area contributed by atoms with Crippen LogP contribution in [0.3, 0.4) is 0 Å². The van der Waals surface area contributed by atoms with Crippen molar-refractivity contribution in [3.8, 4) is 0 Å². The van der Waals surface area contributed by atoms with E-state index < -0.39 is 0 Å². The van der Waals surface area contributed by atoms with E-state index in [1.165, 1.54) is 6.42 Å². The molecule has 0 aromatic carbocycles. The highest BCUT2D eigenvalue weighted by Gasteiger charge is 2.25. The molecule has 3 atom stereocenters. The third-order valence-corrected chi connectivity index (χ3v) is 3.14. The number of urea groups is 1. The number of amides is 2. The number of hydrogen-bond donors (Lipinski definition) is 1. The molecule has 88 valence electrons. The lowest BCUT2D eigenvalue weighted by Crippen LogP contribution is -2.49. The van der Waals surface area contributed by atoms with Crippen LogP contribution in [-0.4, -0.2) is 30.1 Å². The van der Waals surface area contributed by atoms with Gasteiger partial charge in [0.25, 0.3) is 0 Å². The van der Waals surface area contributed by atoms with Gasteiger partial charge in [0.2, 0.25) is 0 Å². The quantitative estimate of drug-likeness (QED) is 0.749. The molecule has 0 saturated carbocycles. The predicted molar refractivity (Wildman–Crippen MR) is 62.8 cm³/mol. The van der Waals surface area contributed by atoms with Gasteiger partial charge in [-0.2, -0.15) is 0 Å². The van der Waals surface area contributed by atoms with Crippen molar-refractivity contribution in [3.05, 3.63) is 0 Å². The lowest BCUT2D eigenvalue weighted by atomic mass is 9.92.